The summed E-state index contributed by atoms with van der Waals surface area (Å²) in [6.45, 7) is 1.87. The highest BCUT2D eigenvalue weighted by Crippen LogP contribution is 2.33. The van der Waals surface area contributed by atoms with Gasteiger partial charge in [0.2, 0.25) is 0 Å². The normalized spacial score (nSPS) is 11.8. The topological polar surface area (TPSA) is 50.7 Å². The van der Waals surface area contributed by atoms with Crippen LogP contribution in [0.3, 0.4) is 0 Å². The quantitative estimate of drug-likeness (QED) is 0.881. The Balaban J connectivity index is 2.24. The Morgan fingerprint density at radius 1 is 1.10 bits per heavy atom. The molecule has 0 saturated carbocycles. The van der Waals surface area contributed by atoms with Crippen molar-refractivity contribution < 1.29 is 19.0 Å². The number of benzene rings is 2. The molecule has 2 N–H and O–H groups in total. The second-order valence-electron chi connectivity index (χ2n) is 4.64. The zero-order valence-corrected chi connectivity index (χ0v) is 12.2. The Bertz CT molecular complexity index is 631. The molecule has 0 aromatic heterocycles. The molecule has 0 spiro atoms. The number of ether oxygens (including phenoxy) is 2. The first-order valence-corrected chi connectivity index (χ1v) is 6.52. The molecule has 0 saturated heterocycles. The third kappa shape index (κ3) is 3.37. The molecule has 0 aliphatic rings. The minimum absolute atomic E-state index is 0.0810. The van der Waals surface area contributed by atoms with Gasteiger partial charge in [-0.15, -0.1) is 0 Å². The molecule has 0 radical (unpaired) electrons. The predicted molar refractivity (Wildman–Crippen MR) is 79.6 cm³/mol. The van der Waals surface area contributed by atoms with E-state index < -0.39 is 5.82 Å². The van der Waals surface area contributed by atoms with Gasteiger partial charge in [-0.05, 0) is 25.1 Å². The van der Waals surface area contributed by atoms with Crippen LogP contribution in [0.15, 0.2) is 36.4 Å². The summed E-state index contributed by atoms with van der Waals surface area (Å²) in [6.07, 6.45) is 0. The molecular weight excluding hydrogens is 273 g/mol. The maximum absolute atomic E-state index is 13.0. The number of nitrogens with one attached hydrogen (secondary N) is 1. The van der Waals surface area contributed by atoms with Crippen molar-refractivity contribution in [1.29, 1.82) is 0 Å². The first-order chi connectivity index (χ1) is 10.0. The Kier molecular flexibility index (Phi) is 4.52. The summed E-state index contributed by atoms with van der Waals surface area (Å²) in [5.74, 6) is 0.769. The molecule has 2 rings (SSSR count). The van der Waals surface area contributed by atoms with Crippen molar-refractivity contribution in [2.45, 2.75) is 13.0 Å². The van der Waals surface area contributed by atoms with Crippen LogP contribution in [-0.2, 0) is 0 Å². The summed E-state index contributed by atoms with van der Waals surface area (Å²) in [7, 11) is 3.15. The van der Waals surface area contributed by atoms with Gasteiger partial charge in [-0.1, -0.05) is 6.07 Å². The van der Waals surface area contributed by atoms with Crippen molar-refractivity contribution in [3.8, 4) is 17.2 Å². The predicted octanol–water partition coefficient (Wildman–Crippen LogP) is 3.72. The monoisotopic (exact) mass is 291 g/mol. The molecule has 0 heterocycles. The number of halogens is 1. The Hall–Kier alpha value is -2.43. The number of anilines is 1. The number of methoxy groups -OCH3 is 2. The molecule has 5 heteroatoms. The maximum Gasteiger partial charge on any atom is 0.145 e. The van der Waals surface area contributed by atoms with Crippen LogP contribution in [0.4, 0.5) is 10.1 Å². The lowest BCUT2D eigenvalue weighted by Gasteiger charge is -2.19. The lowest BCUT2D eigenvalue weighted by molar-refractivity contribution is 0.395. The van der Waals surface area contributed by atoms with Crippen molar-refractivity contribution in [2.75, 3.05) is 19.5 Å². The van der Waals surface area contributed by atoms with Gasteiger partial charge in [0.05, 0.1) is 25.9 Å². The summed E-state index contributed by atoms with van der Waals surface area (Å²) >= 11 is 0. The molecular formula is C16H18FNO3. The Morgan fingerprint density at radius 2 is 1.86 bits per heavy atom. The fraction of sp³-hybridized carbons (Fsp3) is 0.250. The van der Waals surface area contributed by atoms with Gasteiger partial charge in [-0.2, -0.15) is 0 Å². The standard InChI is InChI=1S/C16H18FNO3/c1-10(13-6-4-11(17)8-15(13)19)18-14-7-5-12(20-2)9-16(14)21-3/h4-10,18-19H,1-3H3. The SMILES string of the molecule is COc1ccc(NC(C)c2ccc(F)cc2O)c(OC)c1. The first kappa shape index (κ1) is 15.0. The van der Waals surface area contributed by atoms with Crippen molar-refractivity contribution in [2.24, 2.45) is 0 Å². The summed E-state index contributed by atoms with van der Waals surface area (Å²) < 4.78 is 23.5. The van der Waals surface area contributed by atoms with Gasteiger partial charge in [0.15, 0.2) is 0 Å². The van der Waals surface area contributed by atoms with Gasteiger partial charge < -0.3 is 19.9 Å². The van der Waals surface area contributed by atoms with E-state index in [9.17, 15) is 9.50 Å². The fourth-order valence-corrected chi connectivity index (χ4v) is 2.11. The van der Waals surface area contributed by atoms with E-state index in [1.165, 1.54) is 6.07 Å². The molecule has 0 aliphatic carbocycles. The van der Waals surface area contributed by atoms with Crippen molar-refractivity contribution >= 4 is 5.69 Å². The third-order valence-corrected chi connectivity index (χ3v) is 3.24. The van der Waals surface area contributed by atoms with E-state index >= 15 is 0 Å². The molecule has 4 nitrogen and oxygen atoms in total. The Morgan fingerprint density at radius 3 is 2.48 bits per heavy atom. The molecule has 1 unspecified atom stereocenters. The fourth-order valence-electron chi connectivity index (χ4n) is 2.11. The molecule has 0 amide bonds. The second-order valence-corrected chi connectivity index (χ2v) is 4.64. The number of rotatable bonds is 5. The molecule has 2 aromatic carbocycles. The van der Waals surface area contributed by atoms with E-state index in [0.29, 0.717) is 17.1 Å². The third-order valence-electron chi connectivity index (χ3n) is 3.24. The van der Waals surface area contributed by atoms with Crippen LogP contribution in [0.5, 0.6) is 17.2 Å². The highest BCUT2D eigenvalue weighted by Gasteiger charge is 2.13. The van der Waals surface area contributed by atoms with Crippen LogP contribution in [0.2, 0.25) is 0 Å². The van der Waals surface area contributed by atoms with Crippen LogP contribution < -0.4 is 14.8 Å². The average Bonchev–Trinajstić information content (AvgIpc) is 2.47. The van der Waals surface area contributed by atoms with Gasteiger partial charge in [-0.25, -0.2) is 4.39 Å². The minimum atomic E-state index is -0.467. The van der Waals surface area contributed by atoms with Gasteiger partial charge >= 0.3 is 0 Å². The summed E-state index contributed by atoms with van der Waals surface area (Å²) in [4.78, 5) is 0. The molecule has 2 aromatic rings. The van der Waals surface area contributed by atoms with E-state index in [1.54, 1.807) is 26.4 Å². The van der Waals surface area contributed by atoms with E-state index in [0.717, 1.165) is 11.8 Å². The van der Waals surface area contributed by atoms with Crippen LogP contribution in [0.25, 0.3) is 0 Å². The first-order valence-electron chi connectivity index (χ1n) is 6.52. The molecule has 0 fully saturated rings. The molecule has 112 valence electrons. The van der Waals surface area contributed by atoms with Crippen LogP contribution in [0, 0.1) is 5.82 Å². The summed E-state index contributed by atoms with van der Waals surface area (Å²) in [5, 5.41) is 13.0. The molecule has 0 aliphatic heterocycles. The minimum Gasteiger partial charge on any atom is -0.507 e. The van der Waals surface area contributed by atoms with Crippen LogP contribution in [0.1, 0.15) is 18.5 Å². The Labute approximate surface area is 123 Å². The van der Waals surface area contributed by atoms with E-state index in [-0.39, 0.29) is 11.8 Å². The molecule has 21 heavy (non-hydrogen) atoms. The molecule has 1 atom stereocenters. The van der Waals surface area contributed by atoms with Gasteiger partial charge in [0.1, 0.15) is 23.1 Å². The number of hydrogen-bond acceptors (Lipinski definition) is 4. The number of phenols is 1. The van der Waals surface area contributed by atoms with Crippen molar-refractivity contribution in [1.82, 2.24) is 0 Å². The lowest BCUT2D eigenvalue weighted by Crippen LogP contribution is -2.08. The summed E-state index contributed by atoms with van der Waals surface area (Å²) in [6, 6.07) is 9.15. The van der Waals surface area contributed by atoms with E-state index in [4.69, 9.17) is 9.47 Å². The average molecular weight is 291 g/mol. The van der Waals surface area contributed by atoms with Crippen LogP contribution in [-0.4, -0.2) is 19.3 Å². The van der Waals surface area contributed by atoms with Crippen molar-refractivity contribution in [3.05, 3.63) is 47.8 Å². The smallest absolute Gasteiger partial charge is 0.145 e. The van der Waals surface area contributed by atoms with Gasteiger partial charge in [0, 0.05) is 17.7 Å². The maximum atomic E-state index is 13.0. The zero-order valence-electron chi connectivity index (χ0n) is 12.2. The second kappa shape index (κ2) is 6.35. The zero-order chi connectivity index (χ0) is 15.4. The largest absolute Gasteiger partial charge is 0.507 e. The highest BCUT2D eigenvalue weighted by molar-refractivity contribution is 5.60. The van der Waals surface area contributed by atoms with Crippen molar-refractivity contribution in [3.63, 3.8) is 0 Å². The van der Waals surface area contributed by atoms with E-state index in [2.05, 4.69) is 5.32 Å². The number of aromatic hydroxyl groups is 1. The number of hydrogen-bond donors (Lipinski definition) is 2. The highest BCUT2D eigenvalue weighted by atomic mass is 19.1. The van der Waals surface area contributed by atoms with Gasteiger partial charge in [0.25, 0.3) is 0 Å². The van der Waals surface area contributed by atoms with Gasteiger partial charge in [-0.3, -0.25) is 0 Å². The summed E-state index contributed by atoms with van der Waals surface area (Å²) in [5.41, 5.74) is 1.36. The lowest BCUT2D eigenvalue weighted by atomic mass is 10.1. The van der Waals surface area contributed by atoms with E-state index in [1.807, 2.05) is 19.1 Å². The molecule has 0 bridgehead atoms. The number of phenolic OH excluding ortho intramolecular Hbond substituents is 1. The van der Waals surface area contributed by atoms with Crippen LogP contribution >= 0.6 is 0 Å².